The molecule has 90 valence electrons. The third kappa shape index (κ3) is 3.27. The Labute approximate surface area is 101 Å². The van der Waals surface area contributed by atoms with Gasteiger partial charge in [-0.05, 0) is 12.1 Å². The van der Waals surface area contributed by atoms with E-state index in [1.165, 1.54) is 0 Å². The molecule has 5 heteroatoms. The maximum atomic E-state index is 9.01. The minimum atomic E-state index is 0.0500. The first-order valence-corrected chi connectivity index (χ1v) is 5.47. The van der Waals surface area contributed by atoms with Gasteiger partial charge in [0, 0.05) is 20.2 Å². The molecular formula is C11H17ClN2O2. The lowest BCUT2D eigenvalue weighted by atomic mass is 10.2. The van der Waals surface area contributed by atoms with Crippen LogP contribution >= 0.6 is 11.6 Å². The van der Waals surface area contributed by atoms with Crippen LogP contribution in [0.2, 0.25) is 5.02 Å². The fourth-order valence-electron chi connectivity index (χ4n) is 1.52. The number of ether oxygens (including phenoxy) is 1. The number of benzene rings is 1. The number of anilines is 2. The molecule has 1 rings (SSSR count). The highest BCUT2D eigenvalue weighted by molar-refractivity contribution is 6.34. The summed E-state index contributed by atoms with van der Waals surface area (Å²) in [6.45, 7) is 1.74. The van der Waals surface area contributed by atoms with E-state index in [4.69, 9.17) is 27.2 Å². The molecule has 0 aromatic heterocycles. The molecule has 0 heterocycles. The van der Waals surface area contributed by atoms with Gasteiger partial charge in [-0.25, -0.2) is 0 Å². The standard InChI is InChI=1S/C11H17ClN2O2/c1-16-8-6-14(5-7-15)11-9(12)3-2-4-10(11)13/h2-4,15H,5-8,13H2,1H3. The predicted octanol–water partition coefficient (Wildman–Crippen LogP) is 1.37. The van der Waals surface area contributed by atoms with Crippen LogP contribution in [0.4, 0.5) is 11.4 Å². The maximum absolute atomic E-state index is 9.01. The van der Waals surface area contributed by atoms with Crippen LogP contribution < -0.4 is 10.6 Å². The highest BCUT2D eigenvalue weighted by Gasteiger charge is 2.12. The van der Waals surface area contributed by atoms with Gasteiger partial charge in [0.1, 0.15) is 0 Å². The number of aliphatic hydroxyl groups excluding tert-OH is 1. The minimum Gasteiger partial charge on any atom is -0.397 e. The Morgan fingerprint density at radius 3 is 2.75 bits per heavy atom. The topological polar surface area (TPSA) is 58.7 Å². The number of rotatable bonds is 6. The van der Waals surface area contributed by atoms with E-state index in [0.717, 1.165) is 5.69 Å². The first kappa shape index (κ1) is 13.1. The summed E-state index contributed by atoms with van der Waals surface area (Å²) in [6, 6.07) is 5.37. The molecule has 4 nitrogen and oxygen atoms in total. The van der Waals surface area contributed by atoms with Crippen LogP contribution in [-0.4, -0.2) is 38.5 Å². The number of nitrogen functional groups attached to an aromatic ring is 1. The first-order valence-electron chi connectivity index (χ1n) is 5.09. The van der Waals surface area contributed by atoms with Crippen LogP contribution in [0.25, 0.3) is 0 Å². The highest BCUT2D eigenvalue weighted by atomic mass is 35.5. The van der Waals surface area contributed by atoms with E-state index in [9.17, 15) is 0 Å². The Balaban J connectivity index is 2.90. The molecule has 0 spiro atoms. The lowest BCUT2D eigenvalue weighted by molar-refractivity contribution is 0.203. The molecule has 16 heavy (non-hydrogen) atoms. The smallest absolute Gasteiger partial charge is 0.0790 e. The molecule has 0 amide bonds. The van der Waals surface area contributed by atoms with Crippen molar-refractivity contribution in [2.45, 2.75) is 0 Å². The van der Waals surface area contributed by atoms with Crippen molar-refractivity contribution in [1.29, 1.82) is 0 Å². The van der Waals surface area contributed by atoms with E-state index < -0.39 is 0 Å². The molecule has 3 N–H and O–H groups in total. The number of hydrogen-bond acceptors (Lipinski definition) is 4. The van der Waals surface area contributed by atoms with E-state index in [2.05, 4.69) is 0 Å². The molecule has 0 unspecified atom stereocenters. The SMILES string of the molecule is COCCN(CCO)c1c(N)cccc1Cl. The molecule has 1 aromatic rings. The summed E-state index contributed by atoms with van der Waals surface area (Å²) in [5, 5.41) is 9.60. The second-order valence-corrected chi connectivity index (χ2v) is 3.79. The summed E-state index contributed by atoms with van der Waals surface area (Å²) in [6.07, 6.45) is 0. The molecule has 0 saturated heterocycles. The van der Waals surface area contributed by atoms with Gasteiger partial charge in [0.25, 0.3) is 0 Å². The van der Waals surface area contributed by atoms with Gasteiger partial charge in [-0.2, -0.15) is 0 Å². The van der Waals surface area contributed by atoms with Crippen LogP contribution in [0.1, 0.15) is 0 Å². The van der Waals surface area contributed by atoms with E-state index in [1.807, 2.05) is 4.90 Å². The van der Waals surface area contributed by atoms with E-state index >= 15 is 0 Å². The molecule has 0 aliphatic rings. The molecule has 0 aliphatic carbocycles. The van der Waals surface area contributed by atoms with E-state index in [1.54, 1.807) is 25.3 Å². The summed E-state index contributed by atoms with van der Waals surface area (Å²) in [7, 11) is 1.63. The summed E-state index contributed by atoms with van der Waals surface area (Å²) < 4.78 is 5.01. The monoisotopic (exact) mass is 244 g/mol. The van der Waals surface area contributed by atoms with Crippen molar-refractivity contribution >= 4 is 23.0 Å². The molecule has 0 aliphatic heterocycles. The fourth-order valence-corrected chi connectivity index (χ4v) is 1.82. The van der Waals surface area contributed by atoms with Crippen LogP contribution in [0, 0.1) is 0 Å². The third-order valence-corrected chi connectivity index (χ3v) is 2.57. The van der Waals surface area contributed by atoms with Crippen molar-refractivity contribution in [3.63, 3.8) is 0 Å². The molecule has 0 radical (unpaired) electrons. The number of halogens is 1. The second-order valence-electron chi connectivity index (χ2n) is 3.38. The van der Waals surface area contributed by atoms with Crippen molar-refractivity contribution in [1.82, 2.24) is 0 Å². The lowest BCUT2D eigenvalue weighted by Gasteiger charge is -2.26. The zero-order valence-electron chi connectivity index (χ0n) is 9.32. The maximum Gasteiger partial charge on any atom is 0.0790 e. The number of aliphatic hydroxyl groups is 1. The largest absolute Gasteiger partial charge is 0.397 e. The summed E-state index contributed by atoms with van der Waals surface area (Å²) in [5.74, 6) is 0. The number of nitrogens with zero attached hydrogens (tertiary/aromatic N) is 1. The second kappa shape index (κ2) is 6.58. The Hall–Kier alpha value is -0.970. The van der Waals surface area contributed by atoms with Gasteiger partial charge in [-0.3, -0.25) is 0 Å². The zero-order valence-corrected chi connectivity index (χ0v) is 10.1. The summed E-state index contributed by atoms with van der Waals surface area (Å²) >= 11 is 6.09. The first-order chi connectivity index (χ1) is 7.70. The van der Waals surface area contributed by atoms with Gasteiger partial charge >= 0.3 is 0 Å². The van der Waals surface area contributed by atoms with Crippen LogP contribution in [0.5, 0.6) is 0 Å². The zero-order chi connectivity index (χ0) is 12.0. The molecular weight excluding hydrogens is 228 g/mol. The van der Waals surface area contributed by atoms with Gasteiger partial charge in [0.15, 0.2) is 0 Å². The minimum absolute atomic E-state index is 0.0500. The molecule has 1 aromatic carbocycles. The Morgan fingerprint density at radius 1 is 1.44 bits per heavy atom. The number of hydrogen-bond donors (Lipinski definition) is 2. The lowest BCUT2D eigenvalue weighted by Crippen LogP contribution is -2.31. The van der Waals surface area contributed by atoms with Crippen molar-refractivity contribution in [2.24, 2.45) is 0 Å². The van der Waals surface area contributed by atoms with Crippen LogP contribution in [0.3, 0.4) is 0 Å². The average molecular weight is 245 g/mol. The van der Waals surface area contributed by atoms with E-state index in [-0.39, 0.29) is 6.61 Å². The van der Waals surface area contributed by atoms with Gasteiger partial charge in [-0.15, -0.1) is 0 Å². The molecule has 0 atom stereocenters. The van der Waals surface area contributed by atoms with Crippen LogP contribution in [0.15, 0.2) is 18.2 Å². The molecule has 0 saturated carbocycles. The van der Waals surface area contributed by atoms with Gasteiger partial charge in [0.2, 0.25) is 0 Å². The van der Waals surface area contributed by atoms with Crippen molar-refractivity contribution in [3.8, 4) is 0 Å². The van der Waals surface area contributed by atoms with Crippen molar-refractivity contribution in [3.05, 3.63) is 23.2 Å². The normalized spacial score (nSPS) is 10.4. The van der Waals surface area contributed by atoms with E-state index in [0.29, 0.717) is 30.4 Å². The Morgan fingerprint density at radius 2 is 2.19 bits per heavy atom. The molecule has 0 bridgehead atoms. The van der Waals surface area contributed by atoms with Crippen LogP contribution in [-0.2, 0) is 4.74 Å². The molecule has 0 fully saturated rings. The number of methoxy groups -OCH3 is 1. The fraction of sp³-hybridized carbons (Fsp3) is 0.455. The van der Waals surface area contributed by atoms with Gasteiger partial charge in [0.05, 0.1) is 29.6 Å². The quantitative estimate of drug-likeness (QED) is 0.742. The Kier molecular flexibility index (Phi) is 5.38. The highest BCUT2D eigenvalue weighted by Crippen LogP contribution is 2.31. The van der Waals surface area contributed by atoms with Gasteiger partial charge in [-0.1, -0.05) is 17.7 Å². The van der Waals surface area contributed by atoms with Crippen molar-refractivity contribution in [2.75, 3.05) is 44.0 Å². The van der Waals surface area contributed by atoms with Crippen molar-refractivity contribution < 1.29 is 9.84 Å². The third-order valence-electron chi connectivity index (χ3n) is 2.27. The number of nitrogens with two attached hydrogens (primary N) is 1. The predicted molar refractivity (Wildman–Crippen MR) is 67.0 cm³/mol. The number of para-hydroxylation sites is 1. The Bertz CT molecular complexity index is 314. The summed E-state index contributed by atoms with van der Waals surface area (Å²) in [4.78, 5) is 1.92. The summed E-state index contributed by atoms with van der Waals surface area (Å²) in [5.41, 5.74) is 7.24. The average Bonchev–Trinajstić information content (AvgIpc) is 2.25. The van der Waals surface area contributed by atoms with Gasteiger partial charge < -0.3 is 20.5 Å².